The third-order valence-corrected chi connectivity index (χ3v) is 4.07. The van der Waals surface area contributed by atoms with E-state index in [4.69, 9.17) is 8.94 Å². The van der Waals surface area contributed by atoms with Crippen molar-refractivity contribution in [3.63, 3.8) is 0 Å². The lowest BCUT2D eigenvalue weighted by molar-refractivity contribution is 0.0551. The molecule has 118 valence electrons. The maximum atomic E-state index is 12.3. The van der Waals surface area contributed by atoms with Gasteiger partial charge in [0.2, 0.25) is 5.89 Å². The first-order valence-corrected chi connectivity index (χ1v) is 7.57. The van der Waals surface area contributed by atoms with Crippen molar-refractivity contribution in [2.24, 2.45) is 0 Å². The highest BCUT2D eigenvalue weighted by molar-refractivity contribution is 5.93. The van der Waals surface area contributed by atoms with Crippen LogP contribution in [0, 0.1) is 0 Å². The number of nitrogens with zero attached hydrogens (tertiary/aromatic N) is 4. The first-order valence-electron chi connectivity index (χ1n) is 7.57. The molecule has 0 bridgehead atoms. The maximum Gasteiger partial charge on any atom is 0.257 e. The van der Waals surface area contributed by atoms with Crippen molar-refractivity contribution >= 4 is 5.91 Å². The summed E-state index contributed by atoms with van der Waals surface area (Å²) in [5.41, 5.74) is 0.603. The Hall–Kier alpha value is -2.15. The normalized spacial score (nSPS) is 17.6. The Bertz CT molecular complexity index is 615. The van der Waals surface area contributed by atoms with Gasteiger partial charge in [-0.05, 0) is 13.0 Å². The van der Waals surface area contributed by atoms with Crippen LogP contribution in [0.15, 0.2) is 27.5 Å². The Morgan fingerprint density at radius 3 is 2.73 bits per heavy atom. The van der Waals surface area contributed by atoms with Crippen LogP contribution in [0.1, 0.15) is 42.0 Å². The summed E-state index contributed by atoms with van der Waals surface area (Å²) in [5.74, 6) is 1.40. The molecule has 2 aromatic rings. The maximum absolute atomic E-state index is 12.3. The zero-order valence-electron chi connectivity index (χ0n) is 12.9. The fraction of sp³-hybridized carbons (Fsp3) is 0.533. The Morgan fingerprint density at radius 1 is 1.36 bits per heavy atom. The number of hydrogen-bond donors (Lipinski definition) is 0. The van der Waals surface area contributed by atoms with Gasteiger partial charge in [-0.3, -0.25) is 9.69 Å². The second-order valence-electron chi connectivity index (χ2n) is 5.42. The number of rotatable bonds is 4. The van der Waals surface area contributed by atoms with Crippen LogP contribution in [0.2, 0.25) is 0 Å². The summed E-state index contributed by atoms with van der Waals surface area (Å²) in [6, 6.07) is 1.76. The summed E-state index contributed by atoms with van der Waals surface area (Å²) in [6.07, 6.45) is 3.78. The van der Waals surface area contributed by atoms with Gasteiger partial charge in [-0.15, -0.1) is 0 Å². The molecule has 1 saturated heterocycles. The van der Waals surface area contributed by atoms with Gasteiger partial charge < -0.3 is 13.8 Å². The highest BCUT2D eigenvalue weighted by Gasteiger charge is 2.28. The first kappa shape index (κ1) is 14.8. The highest BCUT2D eigenvalue weighted by Crippen LogP contribution is 2.21. The number of aromatic nitrogens is 2. The number of piperazine rings is 1. The van der Waals surface area contributed by atoms with Crippen molar-refractivity contribution in [1.29, 1.82) is 0 Å². The molecule has 7 nitrogen and oxygen atoms in total. The number of carbonyl (C=O) groups excluding carboxylic acids is 1. The molecule has 22 heavy (non-hydrogen) atoms. The van der Waals surface area contributed by atoms with Crippen LogP contribution in [0.25, 0.3) is 0 Å². The number of amides is 1. The minimum absolute atomic E-state index is 0.0205. The van der Waals surface area contributed by atoms with Crippen LogP contribution in [-0.4, -0.2) is 52.0 Å². The zero-order chi connectivity index (χ0) is 15.5. The van der Waals surface area contributed by atoms with E-state index in [1.807, 2.05) is 11.8 Å². The van der Waals surface area contributed by atoms with Gasteiger partial charge in [-0.2, -0.15) is 4.98 Å². The second-order valence-corrected chi connectivity index (χ2v) is 5.42. The van der Waals surface area contributed by atoms with E-state index < -0.39 is 0 Å². The Labute approximate surface area is 128 Å². The van der Waals surface area contributed by atoms with Crippen LogP contribution in [0.3, 0.4) is 0 Å². The molecule has 3 heterocycles. The minimum Gasteiger partial charge on any atom is -0.472 e. The second kappa shape index (κ2) is 6.31. The summed E-state index contributed by atoms with van der Waals surface area (Å²) in [6.45, 7) is 7.00. The predicted octanol–water partition coefficient (Wildman–Crippen LogP) is 1.74. The largest absolute Gasteiger partial charge is 0.472 e. The average Bonchev–Trinajstić information content (AvgIpc) is 3.25. The molecular weight excluding hydrogens is 284 g/mol. The van der Waals surface area contributed by atoms with E-state index in [0.717, 1.165) is 25.3 Å². The van der Waals surface area contributed by atoms with Gasteiger partial charge in [0.25, 0.3) is 5.91 Å². The molecule has 1 atom stereocenters. The van der Waals surface area contributed by atoms with Crippen LogP contribution in [0.4, 0.5) is 0 Å². The number of carbonyl (C=O) groups is 1. The third-order valence-electron chi connectivity index (χ3n) is 4.07. The van der Waals surface area contributed by atoms with Crippen LogP contribution < -0.4 is 0 Å². The van der Waals surface area contributed by atoms with E-state index in [0.29, 0.717) is 24.5 Å². The van der Waals surface area contributed by atoms with Gasteiger partial charge in [-0.25, -0.2) is 0 Å². The van der Waals surface area contributed by atoms with E-state index in [9.17, 15) is 4.79 Å². The number of hydrogen-bond acceptors (Lipinski definition) is 6. The molecule has 0 spiro atoms. The van der Waals surface area contributed by atoms with Crippen molar-refractivity contribution in [3.8, 4) is 0 Å². The van der Waals surface area contributed by atoms with Gasteiger partial charge in [-0.1, -0.05) is 12.1 Å². The van der Waals surface area contributed by atoms with Gasteiger partial charge in [0.05, 0.1) is 17.9 Å². The predicted molar refractivity (Wildman–Crippen MR) is 78.3 cm³/mol. The third kappa shape index (κ3) is 2.89. The molecule has 1 amide bonds. The van der Waals surface area contributed by atoms with Gasteiger partial charge in [0, 0.05) is 32.6 Å². The van der Waals surface area contributed by atoms with E-state index in [1.165, 1.54) is 12.5 Å². The van der Waals surface area contributed by atoms with Crippen molar-refractivity contribution in [2.45, 2.75) is 26.3 Å². The fourth-order valence-electron chi connectivity index (χ4n) is 2.62. The molecule has 1 aliphatic rings. The summed E-state index contributed by atoms with van der Waals surface area (Å²) >= 11 is 0. The van der Waals surface area contributed by atoms with Gasteiger partial charge in [0.1, 0.15) is 6.26 Å². The van der Waals surface area contributed by atoms with Crippen molar-refractivity contribution in [3.05, 3.63) is 35.9 Å². The Balaban J connectivity index is 1.58. The molecule has 0 unspecified atom stereocenters. The van der Waals surface area contributed by atoms with E-state index in [-0.39, 0.29) is 11.9 Å². The molecule has 1 fully saturated rings. The lowest BCUT2D eigenvalue weighted by atomic mass is 10.2. The molecule has 0 aromatic carbocycles. The van der Waals surface area contributed by atoms with Crippen molar-refractivity contribution in [1.82, 2.24) is 19.9 Å². The molecule has 0 N–H and O–H groups in total. The first-order chi connectivity index (χ1) is 10.7. The molecule has 2 aromatic heterocycles. The van der Waals surface area contributed by atoms with Crippen LogP contribution >= 0.6 is 0 Å². The highest BCUT2D eigenvalue weighted by atomic mass is 16.5. The summed E-state index contributed by atoms with van der Waals surface area (Å²) in [5, 5.41) is 3.94. The fourth-order valence-corrected chi connectivity index (χ4v) is 2.62. The molecule has 0 saturated carbocycles. The van der Waals surface area contributed by atoms with Gasteiger partial charge >= 0.3 is 0 Å². The van der Waals surface area contributed by atoms with Crippen LogP contribution in [0.5, 0.6) is 0 Å². The van der Waals surface area contributed by atoms with Gasteiger partial charge in [0.15, 0.2) is 5.82 Å². The van der Waals surface area contributed by atoms with Crippen LogP contribution in [-0.2, 0) is 6.42 Å². The topological polar surface area (TPSA) is 75.6 Å². The lowest BCUT2D eigenvalue weighted by Gasteiger charge is -2.36. The Kier molecular flexibility index (Phi) is 4.24. The minimum atomic E-state index is 0.0205. The standard InChI is InChI=1S/C15H20N4O3/c1-3-13-16-14(22-17-13)11(2)18-5-7-19(8-6-18)15(20)12-4-9-21-10-12/h4,9-11H,3,5-8H2,1-2H3/t11-/m0/s1. The quantitative estimate of drug-likeness (QED) is 0.856. The molecule has 3 rings (SSSR count). The van der Waals surface area contributed by atoms with E-state index in [2.05, 4.69) is 22.0 Å². The molecular formula is C15H20N4O3. The zero-order valence-corrected chi connectivity index (χ0v) is 12.9. The van der Waals surface area contributed by atoms with E-state index >= 15 is 0 Å². The lowest BCUT2D eigenvalue weighted by Crippen LogP contribution is -2.49. The molecule has 0 radical (unpaired) electrons. The number of furan rings is 1. The summed E-state index contributed by atoms with van der Waals surface area (Å²) in [4.78, 5) is 20.7. The molecule has 0 aliphatic carbocycles. The van der Waals surface area contributed by atoms with Crippen molar-refractivity contribution in [2.75, 3.05) is 26.2 Å². The Morgan fingerprint density at radius 2 is 2.14 bits per heavy atom. The number of aryl methyl sites for hydroxylation is 1. The molecule has 1 aliphatic heterocycles. The molecule has 7 heteroatoms. The SMILES string of the molecule is CCc1noc([C@H](C)N2CCN(C(=O)c3ccoc3)CC2)n1. The average molecular weight is 304 g/mol. The van der Waals surface area contributed by atoms with E-state index in [1.54, 1.807) is 6.07 Å². The summed E-state index contributed by atoms with van der Waals surface area (Å²) in [7, 11) is 0. The summed E-state index contributed by atoms with van der Waals surface area (Å²) < 4.78 is 10.3. The smallest absolute Gasteiger partial charge is 0.257 e. The van der Waals surface area contributed by atoms with Crippen molar-refractivity contribution < 1.29 is 13.7 Å². The monoisotopic (exact) mass is 304 g/mol.